The van der Waals surface area contributed by atoms with E-state index in [0.29, 0.717) is 0 Å². The SMILES string of the molecule is Cc1ccc(N2C(=O)c3cccc([N+](=O)[O-])c3C2=O)c(O)c1. The number of phenolic OH excluding ortho intramolecular Hbond substituents is 1. The van der Waals surface area contributed by atoms with Crippen molar-refractivity contribution in [2.75, 3.05) is 4.90 Å². The fraction of sp³-hybridized carbons (Fsp3) is 0.0667. The maximum absolute atomic E-state index is 12.5. The van der Waals surface area contributed by atoms with Crippen LogP contribution in [-0.4, -0.2) is 21.8 Å². The van der Waals surface area contributed by atoms with E-state index in [1.165, 1.54) is 30.3 Å². The predicted octanol–water partition coefficient (Wildman–Crippen LogP) is 2.41. The summed E-state index contributed by atoms with van der Waals surface area (Å²) < 4.78 is 0. The van der Waals surface area contributed by atoms with Gasteiger partial charge in [0.25, 0.3) is 17.5 Å². The molecule has 7 heteroatoms. The lowest BCUT2D eigenvalue weighted by Gasteiger charge is -2.15. The van der Waals surface area contributed by atoms with E-state index in [0.717, 1.165) is 10.5 Å². The Hall–Kier alpha value is -3.22. The zero-order valence-corrected chi connectivity index (χ0v) is 11.4. The molecule has 0 saturated heterocycles. The van der Waals surface area contributed by atoms with E-state index in [4.69, 9.17) is 0 Å². The van der Waals surface area contributed by atoms with Crippen LogP contribution in [0.5, 0.6) is 5.75 Å². The Morgan fingerprint density at radius 3 is 2.50 bits per heavy atom. The van der Waals surface area contributed by atoms with Gasteiger partial charge in [0.05, 0.1) is 16.2 Å². The third-order valence-electron chi connectivity index (χ3n) is 3.46. The van der Waals surface area contributed by atoms with Gasteiger partial charge in [-0.3, -0.25) is 19.7 Å². The van der Waals surface area contributed by atoms with E-state index in [1.807, 2.05) is 0 Å². The fourth-order valence-electron chi connectivity index (χ4n) is 2.46. The summed E-state index contributed by atoms with van der Waals surface area (Å²) in [6, 6.07) is 8.34. The van der Waals surface area contributed by atoms with Crippen LogP contribution in [0.25, 0.3) is 0 Å². The quantitative estimate of drug-likeness (QED) is 0.521. The van der Waals surface area contributed by atoms with Crippen LogP contribution < -0.4 is 4.90 Å². The highest BCUT2D eigenvalue weighted by Crippen LogP contribution is 2.37. The molecule has 0 bridgehead atoms. The summed E-state index contributed by atoms with van der Waals surface area (Å²) in [4.78, 5) is 35.9. The number of anilines is 1. The van der Waals surface area contributed by atoms with Crippen LogP contribution in [0, 0.1) is 17.0 Å². The molecule has 110 valence electrons. The van der Waals surface area contributed by atoms with E-state index in [-0.39, 0.29) is 22.6 Å². The molecule has 0 saturated carbocycles. The summed E-state index contributed by atoms with van der Waals surface area (Å²) in [5.41, 5.74) is 0.0385. The number of nitrogens with zero attached hydrogens (tertiary/aromatic N) is 2. The van der Waals surface area contributed by atoms with Crippen LogP contribution in [0.3, 0.4) is 0 Å². The standard InChI is InChI=1S/C15H10N2O5/c1-8-5-6-10(12(18)7-8)16-14(19)9-3-2-4-11(17(21)22)13(9)15(16)20/h2-7,18H,1H3. The second kappa shape index (κ2) is 4.66. The summed E-state index contributed by atoms with van der Waals surface area (Å²) in [7, 11) is 0. The molecule has 0 aromatic heterocycles. The highest BCUT2D eigenvalue weighted by molar-refractivity contribution is 6.36. The Kier molecular flexibility index (Phi) is 2.91. The molecule has 0 atom stereocenters. The number of benzene rings is 2. The second-order valence-corrected chi connectivity index (χ2v) is 4.89. The van der Waals surface area contributed by atoms with Crippen LogP contribution >= 0.6 is 0 Å². The van der Waals surface area contributed by atoms with Crippen molar-refractivity contribution in [3.8, 4) is 5.75 Å². The first-order valence-corrected chi connectivity index (χ1v) is 6.37. The monoisotopic (exact) mass is 298 g/mol. The number of imide groups is 1. The molecule has 2 amide bonds. The third-order valence-corrected chi connectivity index (χ3v) is 3.46. The van der Waals surface area contributed by atoms with Gasteiger partial charge < -0.3 is 5.11 Å². The first-order chi connectivity index (χ1) is 10.4. The molecule has 3 rings (SSSR count). The minimum absolute atomic E-state index is 0.00565. The van der Waals surface area contributed by atoms with Crippen molar-refractivity contribution in [3.63, 3.8) is 0 Å². The topological polar surface area (TPSA) is 101 Å². The Morgan fingerprint density at radius 2 is 1.86 bits per heavy atom. The predicted molar refractivity (Wildman–Crippen MR) is 77.1 cm³/mol. The molecular formula is C15H10N2O5. The number of aryl methyl sites for hydroxylation is 1. The fourth-order valence-corrected chi connectivity index (χ4v) is 2.46. The van der Waals surface area contributed by atoms with Gasteiger partial charge in [-0.1, -0.05) is 12.1 Å². The van der Waals surface area contributed by atoms with Crippen LogP contribution in [0.1, 0.15) is 26.3 Å². The number of fused-ring (bicyclic) bond motifs is 1. The number of hydrogen-bond acceptors (Lipinski definition) is 5. The van der Waals surface area contributed by atoms with Gasteiger partial charge in [0.15, 0.2) is 0 Å². The van der Waals surface area contributed by atoms with E-state index in [2.05, 4.69) is 0 Å². The van der Waals surface area contributed by atoms with E-state index in [1.54, 1.807) is 13.0 Å². The smallest absolute Gasteiger partial charge is 0.283 e. The Balaban J connectivity index is 2.19. The molecule has 0 aliphatic carbocycles. The summed E-state index contributed by atoms with van der Waals surface area (Å²) >= 11 is 0. The Bertz CT molecular complexity index is 844. The van der Waals surface area contributed by atoms with Crippen LogP contribution in [0.2, 0.25) is 0 Å². The maximum atomic E-state index is 12.5. The molecule has 0 radical (unpaired) electrons. The molecule has 1 N–H and O–H groups in total. The summed E-state index contributed by atoms with van der Waals surface area (Å²) in [5.74, 6) is -1.74. The average molecular weight is 298 g/mol. The molecule has 2 aromatic carbocycles. The Labute approximate surface area is 124 Å². The number of nitro groups is 1. The lowest BCUT2D eigenvalue weighted by atomic mass is 10.1. The number of phenols is 1. The van der Waals surface area contributed by atoms with Crippen LogP contribution in [0.4, 0.5) is 11.4 Å². The van der Waals surface area contributed by atoms with Crippen molar-refractivity contribution in [2.45, 2.75) is 6.92 Å². The van der Waals surface area contributed by atoms with E-state index < -0.39 is 22.4 Å². The zero-order chi connectivity index (χ0) is 16.0. The van der Waals surface area contributed by atoms with E-state index >= 15 is 0 Å². The molecule has 7 nitrogen and oxygen atoms in total. The lowest BCUT2D eigenvalue weighted by Crippen LogP contribution is -2.29. The van der Waals surface area contributed by atoms with Crippen molar-refractivity contribution >= 4 is 23.2 Å². The number of hydrogen-bond donors (Lipinski definition) is 1. The molecular weight excluding hydrogens is 288 g/mol. The van der Waals surface area contributed by atoms with Gasteiger partial charge in [0, 0.05) is 6.07 Å². The maximum Gasteiger partial charge on any atom is 0.283 e. The number of rotatable bonds is 2. The average Bonchev–Trinajstić information content (AvgIpc) is 2.72. The molecule has 1 aliphatic rings. The largest absolute Gasteiger partial charge is 0.506 e. The van der Waals surface area contributed by atoms with Crippen LogP contribution in [0.15, 0.2) is 36.4 Å². The molecule has 1 heterocycles. The van der Waals surface area contributed by atoms with Crippen molar-refractivity contribution < 1.29 is 19.6 Å². The minimum Gasteiger partial charge on any atom is -0.506 e. The molecule has 0 unspecified atom stereocenters. The summed E-state index contributed by atoms with van der Waals surface area (Å²) in [6.45, 7) is 1.75. The number of aromatic hydroxyl groups is 1. The number of nitro benzene ring substituents is 1. The highest BCUT2D eigenvalue weighted by atomic mass is 16.6. The summed E-state index contributed by atoms with van der Waals surface area (Å²) in [5, 5.41) is 21.0. The van der Waals surface area contributed by atoms with Crippen LogP contribution in [-0.2, 0) is 0 Å². The van der Waals surface area contributed by atoms with Crippen molar-refractivity contribution in [3.05, 3.63) is 63.2 Å². The van der Waals surface area contributed by atoms with Gasteiger partial charge in [0.2, 0.25) is 0 Å². The van der Waals surface area contributed by atoms with E-state index in [9.17, 15) is 24.8 Å². The van der Waals surface area contributed by atoms with Crippen molar-refractivity contribution in [1.82, 2.24) is 0 Å². The lowest BCUT2D eigenvalue weighted by molar-refractivity contribution is -0.385. The Morgan fingerprint density at radius 1 is 1.14 bits per heavy atom. The van der Waals surface area contributed by atoms with Crippen molar-refractivity contribution in [2.24, 2.45) is 0 Å². The molecule has 1 aliphatic heterocycles. The van der Waals surface area contributed by atoms with Gasteiger partial charge in [-0.05, 0) is 30.7 Å². The molecule has 2 aromatic rings. The van der Waals surface area contributed by atoms with Gasteiger partial charge in [0.1, 0.15) is 11.3 Å². The molecule has 0 fully saturated rings. The third kappa shape index (κ3) is 1.83. The zero-order valence-electron chi connectivity index (χ0n) is 11.4. The van der Waals surface area contributed by atoms with Crippen molar-refractivity contribution in [1.29, 1.82) is 0 Å². The summed E-state index contributed by atoms with van der Waals surface area (Å²) in [6.07, 6.45) is 0. The first kappa shape index (κ1) is 13.7. The molecule has 0 spiro atoms. The normalized spacial score (nSPS) is 13.4. The number of amides is 2. The van der Waals surface area contributed by atoms with Gasteiger partial charge >= 0.3 is 0 Å². The minimum atomic E-state index is -0.813. The first-order valence-electron chi connectivity index (χ1n) is 6.37. The number of carbonyl (C=O) groups is 2. The van der Waals surface area contributed by atoms with Gasteiger partial charge in [-0.15, -0.1) is 0 Å². The molecule has 22 heavy (non-hydrogen) atoms. The number of carbonyl (C=O) groups excluding carboxylic acids is 2. The van der Waals surface area contributed by atoms with Gasteiger partial charge in [-0.25, -0.2) is 4.90 Å². The second-order valence-electron chi connectivity index (χ2n) is 4.89. The van der Waals surface area contributed by atoms with Gasteiger partial charge in [-0.2, -0.15) is 0 Å². The highest BCUT2D eigenvalue weighted by Gasteiger charge is 2.42.